The van der Waals surface area contributed by atoms with Gasteiger partial charge in [-0.2, -0.15) is 0 Å². The fraction of sp³-hybridized carbons (Fsp3) is 0.600. The lowest BCUT2D eigenvalue weighted by atomic mass is 10.2. The molecule has 5 nitrogen and oxygen atoms in total. The number of hydrogen-bond acceptors (Lipinski definition) is 4. The van der Waals surface area contributed by atoms with Gasteiger partial charge < -0.3 is 15.6 Å². The first-order valence-corrected chi connectivity index (χ1v) is 5.16. The molecule has 3 N–H and O–H groups in total. The fourth-order valence-corrected chi connectivity index (χ4v) is 1.91. The van der Waals surface area contributed by atoms with Crippen LogP contribution < -0.4 is 11.1 Å². The van der Waals surface area contributed by atoms with Crippen molar-refractivity contribution in [2.75, 3.05) is 0 Å². The topological polar surface area (TPSA) is 81.2 Å². The van der Waals surface area contributed by atoms with Crippen molar-refractivity contribution in [3.05, 3.63) is 17.5 Å². The maximum atomic E-state index is 11.7. The second-order valence-electron chi connectivity index (χ2n) is 4.01. The lowest BCUT2D eigenvalue weighted by Gasteiger charge is -2.16. The number of nitrogens with one attached hydrogen (secondary N) is 1. The van der Waals surface area contributed by atoms with Gasteiger partial charge in [-0.3, -0.25) is 4.79 Å². The monoisotopic (exact) mass is 209 g/mol. The van der Waals surface area contributed by atoms with Crippen molar-refractivity contribution < 1.29 is 9.32 Å². The summed E-state index contributed by atoms with van der Waals surface area (Å²) in [7, 11) is 0. The molecule has 5 heteroatoms. The quantitative estimate of drug-likeness (QED) is 0.747. The Morgan fingerprint density at radius 2 is 2.47 bits per heavy atom. The average Bonchev–Trinajstić information content (AvgIpc) is 2.76. The number of nitrogens with two attached hydrogens (primary N) is 1. The number of rotatable bonds is 2. The number of nitrogens with zero attached hydrogens (tertiary/aromatic N) is 1. The fourth-order valence-electron chi connectivity index (χ4n) is 1.91. The molecule has 1 aliphatic carbocycles. The van der Waals surface area contributed by atoms with E-state index in [1.807, 2.05) is 0 Å². The van der Waals surface area contributed by atoms with Crippen molar-refractivity contribution in [3.8, 4) is 0 Å². The first-order valence-electron chi connectivity index (χ1n) is 5.16. The molecule has 1 aromatic heterocycles. The predicted octanol–water partition coefficient (Wildman–Crippen LogP) is 0.593. The maximum Gasteiger partial charge on any atom is 0.290 e. The second-order valence-corrected chi connectivity index (χ2v) is 4.01. The highest BCUT2D eigenvalue weighted by atomic mass is 16.5. The Bertz CT molecular complexity index is 361. The summed E-state index contributed by atoms with van der Waals surface area (Å²) in [5.41, 5.74) is 6.61. The van der Waals surface area contributed by atoms with Gasteiger partial charge in [0.25, 0.3) is 5.91 Å². The van der Waals surface area contributed by atoms with Crippen LogP contribution in [-0.4, -0.2) is 23.1 Å². The Hall–Kier alpha value is -1.36. The summed E-state index contributed by atoms with van der Waals surface area (Å²) in [5.74, 6) is 0.0708. The van der Waals surface area contributed by atoms with E-state index >= 15 is 0 Å². The van der Waals surface area contributed by atoms with E-state index in [1.54, 1.807) is 6.92 Å². The molecule has 0 saturated heterocycles. The Morgan fingerprint density at radius 3 is 3.00 bits per heavy atom. The third kappa shape index (κ3) is 2.02. The number of aromatic nitrogens is 1. The van der Waals surface area contributed by atoms with Crippen molar-refractivity contribution >= 4 is 5.91 Å². The number of carbonyl (C=O) groups is 1. The van der Waals surface area contributed by atoms with Gasteiger partial charge in [-0.1, -0.05) is 5.16 Å². The van der Waals surface area contributed by atoms with Gasteiger partial charge in [0.2, 0.25) is 5.76 Å². The number of aryl methyl sites for hydroxylation is 1. The zero-order chi connectivity index (χ0) is 10.8. The summed E-state index contributed by atoms with van der Waals surface area (Å²) < 4.78 is 4.87. The molecule has 1 saturated carbocycles. The average molecular weight is 209 g/mol. The lowest BCUT2D eigenvalue weighted by molar-refractivity contribution is 0.0896. The van der Waals surface area contributed by atoms with Crippen LogP contribution in [0.2, 0.25) is 0 Å². The van der Waals surface area contributed by atoms with E-state index in [4.69, 9.17) is 10.3 Å². The first kappa shape index (κ1) is 10.2. The third-order valence-electron chi connectivity index (χ3n) is 2.84. The normalized spacial score (nSPS) is 25.5. The minimum atomic E-state index is -0.215. The minimum Gasteiger partial charge on any atom is -0.351 e. The van der Waals surface area contributed by atoms with Crippen LogP contribution in [0.4, 0.5) is 0 Å². The maximum absolute atomic E-state index is 11.7. The van der Waals surface area contributed by atoms with Crippen LogP contribution in [0.15, 0.2) is 10.7 Å². The molecule has 0 aromatic carbocycles. The van der Waals surface area contributed by atoms with Gasteiger partial charge in [0.05, 0.1) is 6.20 Å². The first-order chi connectivity index (χ1) is 7.18. The predicted molar refractivity (Wildman–Crippen MR) is 54.3 cm³/mol. The molecule has 15 heavy (non-hydrogen) atoms. The van der Waals surface area contributed by atoms with Crippen LogP contribution in [0.5, 0.6) is 0 Å². The van der Waals surface area contributed by atoms with E-state index in [-0.39, 0.29) is 23.8 Å². The van der Waals surface area contributed by atoms with Crippen molar-refractivity contribution in [1.29, 1.82) is 0 Å². The minimum absolute atomic E-state index is 0.0668. The highest BCUT2D eigenvalue weighted by molar-refractivity contribution is 5.92. The molecule has 1 aromatic rings. The molecule has 0 aliphatic heterocycles. The molecular formula is C10H15N3O2. The second kappa shape index (κ2) is 4.02. The molecule has 0 bridgehead atoms. The summed E-state index contributed by atoms with van der Waals surface area (Å²) >= 11 is 0. The molecule has 1 heterocycles. The largest absolute Gasteiger partial charge is 0.351 e. The standard InChI is InChI=1S/C10H15N3O2/c1-6-5-12-15-9(6)10(14)13-8-4-2-3-7(8)11/h5,7-8H,2-4,11H2,1H3,(H,13,14). The smallest absolute Gasteiger partial charge is 0.290 e. The Labute approximate surface area is 88.0 Å². The summed E-state index contributed by atoms with van der Waals surface area (Å²) in [6, 6.07) is 0.138. The van der Waals surface area contributed by atoms with Gasteiger partial charge in [0, 0.05) is 17.6 Å². The summed E-state index contributed by atoms with van der Waals surface area (Å²) in [6.45, 7) is 1.79. The van der Waals surface area contributed by atoms with Gasteiger partial charge in [-0.25, -0.2) is 0 Å². The molecule has 2 rings (SSSR count). The van der Waals surface area contributed by atoms with Crippen LogP contribution in [0.3, 0.4) is 0 Å². The lowest BCUT2D eigenvalue weighted by Crippen LogP contribution is -2.44. The van der Waals surface area contributed by atoms with E-state index in [0.717, 1.165) is 24.8 Å². The molecule has 82 valence electrons. The molecule has 2 atom stereocenters. The summed E-state index contributed by atoms with van der Waals surface area (Å²) in [6.07, 6.45) is 4.52. The Kier molecular flexibility index (Phi) is 2.73. The molecule has 0 spiro atoms. The zero-order valence-electron chi connectivity index (χ0n) is 8.69. The zero-order valence-corrected chi connectivity index (χ0v) is 8.69. The van der Waals surface area contributed by atoms with Crippen LogP contribution >= 0.6 is 0 Å². The van der Waals surface area contributed by atoms with Crippen LogP contribution in [0.25, 0.3) is 0 Å². The molecule has 1 fully saturated rings. The van der Waals surface area contributed by atoms with E-state index in [0.29, 0.717) is 0 Å². The molecule has 2 unspecified atom stereocenters. The van der Waals surface area contributed by atoms with Gasteiger partial charge in [0.15, 0.2) is 0 Å². The van der Waals surface area contributed by atoms with Gasteiger partial charge in [-0.15, -0.1) is 0 Å². The highest BCUT2D eigenvalue weighted by Gasteiger charge is 2.27. The van der Waals surface area contributed by atoms with Crippen LogP contribution in [0.1, 0.15) is 35.4 Å². The summed E-state index contributed by atoms with van der Waals surface area (Å²) in [4.78, 5) is 11.7. The van der Waals surface area contributed by atoms with Gasteiger partial charge in [0.1, 0.15) is 0 Å². The van der Waals surface area contributed by atoms with Crippen LogP contribution in [0, 0.1) is 6.92 Å². The van der Waals surface area contributed by atoms with E-state index < -0.39 is 0 Å². The number of hydrogen-bond donors (Lipinski definition) is 2. The van der Waals surface area contributed by atoms with Crippen molar-refractivity contribution in [2.24, 2.45) is 5.73 Å². The highest BCUT2D eigenvalue weighted by Crippen LogP contribution is 2.17. The van der Waals surface area contributed by atoms with Gasteiger partial charge in [-0.05, 0) is 26.2 Å². The van der Waals surface area contributed by atoms with E-state index in [1.165, 1.54) is 6.20 Å². The van der Waals surface area contributed by atoms with E-state index in [2.05, 4.69) is 10.5 Å². The molecule has 0 radical (unpaired) electrons. The molecular weight excluding hydrogens is 194 g/mol. The van der Waals surface area contributed by atoms with Gasteiger partial charge >= 0.3 is 0 Å². The van der Waals surface area contributed by atoms with Crippen LogP contribution in [-0.2, 0) is 0 Å². The summed E-state index contributed by atoms with van der Waals surface area (Å²) in [5, 5.41) is 6.44. The molecule has 1 amide bonds. The molecule has 1 aliphatic rings. The van der Waals surface area contributed by atoms with Crippen molar-refractivity contribution in [3.63, 3.8) is 0 Å². The number of amides is 1. The Morgan fingerprint density at radius 1 is 1.67 bits per heavy atom. The third-order valence-corrected chi connectivity index (χ3v) is 2.84. The van der Waals surface area contributed by atoms with Crippen molar-refractivity contribution in [1.82, 2.24) is 10.5 Å². The van der Waals surface area contributed by atoms with Crippen molar-refractivity contribution in [2.45, 2.75) is 38.3 Å². The Balaban J connectivity index is 2.01. The van der Waals surface area contributed by atoms with E-state index in [9.17, 15) is 4.79 Å². The SMILES string of the molecule is Cc1cnoc1C(=O)NC1CCCC1N. The number of carbonyl (C=O) groups excluding carboxylic acids is 1.